The van der Waals surface area contributed by atoms with Crippen molar-refractivity contribution in [1.29, 1.82) is 0 Å². The van der Waals surface area contributed by atoms with Gasteiger partial charge in [-0.15, -0.1) is 0 Å². The van der Waals surface area contributed by atoms with E-state index in [1.807, 2.05) is 13.8 Å². The van der Waals surface area contributed by atoms with Gasteiger partial charge in [0.25, 0.3) is 0 Å². The summed E-state index contributed by atoms with van der Waals surface area (Å²) in [5, 5.41) is 12.2. The smallest absolute Gasteiger partial charge is 0.307 e. The molecule has 1 amide bonds. The highest BCUT2D eigenvalue weighted by Gasteiger charge is 2.38. The zero-order valence-corrected chi connectivity index (χ0v) is 11.6. The van der Waals surface area contributed by atoms with E-state index in [4.69, 9.17) is 0 Å². The minimum absolute atomic E-state index is 0.0667. The highest BCUT2D eigenvalue weighted by molar-refractivity contribution is 5.85. The fourth-order valence-electron chi connectivity index (χ4n) is 2.77. The lowest BCUT2D eigenvalue weighted by Gasteiger charge is -2.32. The van der Waals surface area contributed by atoms with Crippen LogP contribution in [0.4, 0.5) is 0 Å². The fourth-order valence-corrected chi connectivity index (χ4v) is 2.77. The predicted octanol–water partition coefficient (Wildman–Crippen LogP) is 2.43. The molecule has 0 heterocycles. The highest BCUT2D eigenvalue weighted by Crippen LogP contribution is 2.34. The molecule has 0 aromatic heterocycles. The van der Waals surface area contributed by atoms with Crippen LogP contribution in [0.25, 0.3) is 0 Å². The Kier molecular flexibility index (Phi) is 5.63. The number of carboxylic acid groups (broad SMARTS) is 1. The molecule has 2 N–H and O–H groups in total. The van der Waals surface area contributed by atoms with Crippen LogP contribution >= 0.6 is 0 Å². The quantitative estimate of drug-likeness (QED) is 0.793. The van der Waals surface area contributed by atoms with Crippen molar-refractivity contribution in [2.24, 2.45) is 17.8 Å². The van der Waals surface area contributed by atoms with Gasteiger partial charge in [-0.05, 0) is 38.0 Å². The Labute approximate surface area is 109 Å². The molecule has 1 aliphatic rings. The number of carbonyl (C=O) groups is 2. The molecule has 0 radical (unpaired) electrons. The molecule has 18 heavy (non-hydrogen) atoms. The van der Waals surface area contributed by atoms with E-state index in [9.17, 15) is 14.7 Å². The van der Waals surface area contributed by atoms with Gasteiger partial charge in [0.15, 0.2) is 0 Å². The molecule has 1 fully saturated rings. The Bertz CT molecular complexity index is 299. The molecule has 0 aliphatic heterocycles. The van der Waals surface area contributed by atoms with Crippen LogP contribution in [0.2, 0.25) is 0 Å². The third-order valence-corrected chi connectivity index (χ3v) is 4.10. The Morgan fingerprint density at radius 1 is 1.22 bits per heavy atom. The molecule has 0 bridgehead atoms. The van der Waals surface area contributed by atoms with E-state index in [1.54, 1.807) is 0 Å². The van der Waals surface area contributed by atoms with Crippen molar-refractivity contribution in [3.63, 3.8) is 0 Å². The van der Waals surface area contributed by atoms with E-state index in [1.165, 1.54) is 0 Å². The summed E-state index contributed by atoms with van der Waals surface area (Å²) in [4.78, 5) is 23.4. The first-order valence-electron chi connectivity index (χ1n) is 7.02. The first-order chi connectivity index (χ1) is 8.49. The van der Waals surface area contributed by atoms with Crippen molar-refractivity contribution in [2.75, 3.05) is 0 Å². The maximum Gasteiger partial charge on any atom is 0.307 e. The van der Waals surface area contributed by atoms with Gasteiger partial charge in [-0.1, -0.05) is 20.8 Å². The summed E-state index contributed by atoms with van der Waals surface area (Å²) in [6, 6.07) is 0.172. The number of nitrogens with one attached hydrogen (secondary N) is 1. The monoisotopic (exact) mass is 255 g/mol. The van der Waals surface area contributed by atoms with Gasteiger partial charge in [0, 0.05) is 6.04 Å². The molecule has 3 atom stereocenters. The summed E-state index contributed by atoms with van der Waals surface area (Å²) in [7, 11) is 0. The number of carbonyl (C=O) groups excluding carboxylic acids is 1. The average Bonchev–Trinajstić information content (AvgIpc) is 2.35. The lowest BCUT2D eigenvalue weighted by Crippen LogP contribution is -2.44. The van der Waals surface area contributed by atoms with E-state index in [0.29, 0.717) is 18.8 Å². The minimum Gasteiger partial charge on any atom is -0.481 e. The van der Waals surface area contributed by atoms with Crippen LogP contribution in [-0.2, 0) is 9.59 Å². The van der Waals surface area contributed by atoms with E-state index in [2.05, 4.69) is 12.2 Å². The third-order valence-electron chi connectivity index (χ3n) is 4.10. The van der Waals surface area contributed by atoms with Gasteiger partial charge in [-0.3, -0.25) is 9.59 Å². The van der Waals surface area contributed by atoms with Gasteiger partial charge in [0.05, 0.1) is 11.8 Å². The first kappa shape index (κ1) is 15.0. The van der Waals surface area contributed by atoms with Crippen LogP contribution in [0, 0.1) is 17.8 Å². The van der Waals surface area contributed by atoms with Gasteiger partial charge in [0.1, 0.15) is 0 Å². The van der Waals surface area contributed by atoms with E-state index >= 15 is 0 Å². The van der Waals surface area contributed by atoms with Crippen molar-refractivity contribution in [3.05, 3.63) is 0 Å². The highest BCUT2D eigenvalue weighted by atomic mass is 16.4. The topological polar surface area (TPSA) is 66.4 Å². The summed E-state index contributed by atoms with van der Waals surface area (Å²) < 4.78 is 0. The van der Waals surface area contributed by atoms with Crippen LogP contribution in [0.5, 0.6) is 0 Å². The van der Waals surface area contributed by atoms with Gasteiger partial charge < -0.3 is 10.4 Å². The van der Waals surface area contributed by atoms with E-state index in [0.717, 1.165) is 19.3 Å². The van der Waals surface area contributed by atoms with Gasteiger partial charge in [-0.2, -0.15) is 0 Å². The van der Waals surface area contributed by atoms with Crippen molar-refractivity contribution >= 4 is 11.9 Å². The number of aliphatic carboxylic acids is 1. The first-order valence-corrected chi connectivity index (χ1v) is 7.02. The number of carboxylic acids is 1. The molecule has 4 heteroatoms. The van der Waals surface area contributed by atoms with E-state index < -0.39 is 11.9 Å². The van der Waals surface area contributed by atoms with Crippen LogP contribution in [0.3, 0.4) is 0 Å². The van der Waals surface area contributed by atoms with Crippen molar-refractivity contribution < 1.29 is 14.7 Å². The molecule has 0 spiro atoms. The second-order valence-corrected chi connectivity index (χ2v) is 5.49. The third kappa shape index (κ3) is 3.72. The molecule has 1 saturated carbocycles. The average molecular weight is 255 g/mol. The maximum absolute atomic E-state index is 12.2. The van der Waals surface area contributed by atoms with Crippen LogP contribution in [0.1, 0.15) is 52.9 Å². The molecule has 3 unspecified atom stereocenters. The van der Waals surface area contributed by atoms with E-state index in [-0.39, 0.29) is 17.9 Å². The second-order valence-electron chi connectivity index (χ2n) is 5.49. The van der Waals surface area contributed by atoms with Crippen LogP contribution in [0.15, 0.2) is 0 Å². The zero-order chi connectivity index (χ0) is 13.7. The summed E-state index contributed by atoms with van der Waals surface area (Å²) in [5.41, 5.74) is 0. The Morgan fingerprint density at radius 2 is 1.83 bits per heavy atom. The summed E-state index contributed by atoms with van der Waals surface area (Å²) in [6.07, 6.45) is 4.05. The van der Waals surface area contributed by atoms with Crippen LogP contribution < -0.4 is 5.32 Å². The standard InChI is InChI=1S/C14H25NO3/c1-4-10(5-2)15-13(16)11-7-6-9(3)8-12(11)14(17)18/h9-12H,4-8H2,1-3H3,(H,15,16)(H,17,18). The normalized spacial score (nSPS) is 28.1. The lowest BCUT2D eigenvalue weighted by molar-refractivity contribution is -0.150. The molecule has 1 rings (SSSR count). The maximum atomic E-state index is 12.2. The molecule has 1 aliphatic carbocycles. The number of hydrogen-bond acceptors (Lipinski definition) is 2. The minimum atomic E-state index is -0.828. The molecule has 4 nitrogen and oxygen atoms in total. The second kappa shape index (κ2) is 6.76. The molecule has 0 aromatic carbocycles. The lowest BCUT2D eigenvalue weighted by atomic mass is 9.74. The van der Waals surface area contributed by atoms with Crippen molar-refractivity contribution in [2.45, 2.75) is 58.9 Å². The van der Waals surface area contributed by atoms with Gasteiger partial charge in [-0.25, -0.2) is 0 Å². The summed E-state index contributed by atoms with van der Waals surface area (Å²) >= 11 is 0. The van der Waals surface area contributed by atoms with Crippen LogP contribution in [-0.4, -0.2) is 23.0 Å². The molecule has 0 saturated heterocycles. The number of hydrogen-bond donors (Lipinski definition) is 2. The molecule has 0 aromatic rings. The Morgan fingerprint density at radius 3 is 2.33 bits per heavy atom. The SMILES string of the molecule is CCC(CC)NC(=O)C1CCC(C)CC1C(=O)O. The molecule has 104 valence electrons. The molecular formula is C14H25NO3. The van der Waals surface area contributed by atoms with Crippen molar-refractivity contribution in [1.82, 2.24) is 5.32 Å². The van der Waals surface area contributed by atoms with Crippen molar-refractivity contribution in [3.8, 4) is 0 Å². The zero-order valence-electron chi connectivity index (χ0n) is 11.6. The Hall–Kier alpha value is -1.06. The Balaban J connectivity index is 2.67. The number of amides is 1. The molecular weight excluding hydrogens is 230 g/mol. The number of rotatable bonds is 5. The summed E-state index contributed by atoms with van der Waals surface area (Å²) in [6.45, 7) is 6.13. The summed E-state index contributed by atoms with van der Waals surface area (Å²) in [5.74, 6) is -1.35. The fraction of sp³-hybridized carbons (Fsp3) is 0.857. The predicted molar refractivity (Wildman–Crippen MR) is 70.1 cm³/mol. The van der Waals surface area contributed by atoms with Gasteiger partial charge >= 0.3 is 5.97 Å². The van der Waals surface area contributed by atoms with Gasteiger partial charge in [0.2, 0.25) is 5.91 Å². The largest absolute Gasteiger partial charge is 0.481 e.